The Morgan fingerprint density at radius 1 is 1.21 bits per heavy atom. The summed E-state index contributed by atoms with van der Waals surface area (Å²) < 4.78 is 25.8. The molecule has 2 aromatic carbocycles. The van der Waals surface area contributed by atoms with Gasteiger partial charge in [-0.3, -0.25) is 4.79 Å². The minimum Gasteiger partial charge on any atom is -0.376 e. The van der Waals surface area contributed by atoms with Crippen LogP contribution in [0.2, 0.25) is 0 Å². The van der Waals surface area contributed by atoms with Gasteiger partial charge in [0.05, 0.1) is 28.7 Å². The number of carbonyl (C=O) groups excluding carboxylic acids is 1. The number of amides is 1. The summed E-state index contributed by atoms with van der Waals surface area (Å²) in [5, 5.41) is 7.30. The maximum Gasteiger partial charge on any atom is 0.226 e. The number of sulfone groups is 1. The molecule has 4 rings (SSSR count). The van der Waals surface area contributed by atoms with Crippen molar-refractivity contribution >= 4 is 38.0 Å². The summed E-state index contributed by atoms with van der Waals surface area (Å²) in [6, 6.07) is 10.7. The van der Waals surface area contributed by atoms with Crippen LogP contribution in [0.25, 0.3) is 22.0 Å². The van der Waals surface area contributed by atoms with Gasteiger partial charge in [-0.1, -0.05) is 24.3 Å². The van der Waals surface area contributed by atoms with Gasteiger partial charge in [0, 0.05) is 41.5 Å². The van der Waals surface area contributed by atoms with Gasteiger partial charge in [-0.2, -0.15) is 0 Å². The predicted molar refractivity (Wildman–Crippen MR) is 112 cm³/mol. The Labute approximate surface area is 163 Å². The highest BCUT2D eigenvalue weighted by molar-refractivity contribution is 7.90. The Hall–Kier alpha value is -3.06. The number of aromatic nitrogens is 1. The Morgan fingerprint density at radius 3 is 2.71 bits per heavy atom. The molecule has 0 saturated heterocycles. The largest absolute Gasteiger partial charge is 0.376 e. The molecule has 0 saturated carbocycles. The zero-order valence-electron chi connectivity index (χ0n) is 15.7. The van der Waals surface area contributed by atoms with E-state index in [4.69, 9.17) is 0 Å². The summed E-state index contributed by atoms with van der Waals surface area (Å²) in [6.07, 6.45) is 5.22. The second-order valence-corrected chi connectivity index (χ2v) is 9.09. The van der Waals surface area contributed by atoms with Crippen molar-refractivity contribution in [2.45, 2.75) is 17.4 Å². The minimum absolute atomic E-state index is 0.0657. The fourth-order valence-electron chi connectivity index (χ4n) is 3.63. The first-order chi connectivity index (χ1) is 13.3. The van der Waals surface area contributed by atoms with Crippen molar-refractivity contribution in [1.82, 2.24) is 4.57 Å². The number of hydrogen-bond donors (Lipinski definition) is 2. The molecule has 2 N–H and O–H groups in total. The summed E-state index contributed by atoms with van der Waals surface area (Å²) in [5.41, 5.74) is 4.27. The summed E-state index contributed by atoms with van der Waals surface area (Å²) in [6.45, 7) is 3.82. The third-order valence-corrected chi connectivity index (χ3v) is 6.15. The summed E-state index contributed by atoms with van der Waals surface area (Å²) in [7, 11) is -1.40. The molecule has 0 bridgehead atoms. The van der Waals surface area contributed by atoms with Crippen molar-refractivity contribution in [2.75, 3.05) is 16.9 Å². The van der Waals surface area contributed by atoms with Crippen LogP contribution in [0.1, 0.15) is 6.42 Å². The average Bonchev–Trinajstić information content (AvgIpc) is 2.87. The maximum atomic E-state index is 12.2. The molecule has 3 aromatic rings. The van der Waals surface area contributed by atoms with Crippen molar-refractivity contribution in [3.63, 3.8) is 0 Å². The SMILES string of the molecule is C=C[C@@H]1CC(=O)Nc2cccc(-c3cn(C)c4cc(S(C)(=O)=O)ccc34)c2N1. The van der Waals surface area contributed by atoms with Gasteiger partial charge < -0.3 is 15.2 Å². The number of para-hydroxylation sites is 1. The molecule has 1 aliphatic rings. The number of anilines is 2. The summed E-state index contributed by atoms with van der Waals surface area (Å²) in [4.78, 5) is 12.4. The van der Waals surface area contributed by atoms with Crippen molar-refractivity contribution in [1.29, 1.82) is 0 Å². The molecule has 0 unspecified atom stereocenters. The van der Waals surface area contributed by atoms with Crippen LogP contribution in [0, 0.1) is 0 Å². The molecule has 0 aliphatic carbocycles. The first kappa shape index (κ1) is 18.3. The summed E-state index contributed by atoms with van der Waals surface area (Å²) in [5.74, 6) is -0.0657. The molecule has 1 amide bonds. The Morgan fingerprint density at radius 2 is 2.00 bits per heavy atom. The van der Waals surface area contributed by atoms with Gasteiger partial charge in [0.25, 0.3) is 0 Å². The first-order valence-corrected chi connectivity index (χ1v) is 10.8. The van der Waals surface area contributed by atoms with E-state index < -0.39 is 9.84 Å². The van der Waals surface area contributed by atoms with Crippen molar-refractivity contribution in [2.24, 2.45) is 7.05 Å². The lowest BCUT2D eigenvalue weighted by Crippen LogP contribution is -2.20. The third kappa shape index (κ3) is 3.07. The lowest BCUT2D eigenvalue weighted by Gasteiger charge is -2.16. The van der Waals surface area contributed by atoms with E-state index in [0.29, 0.717) is 6.42 Å². The van der Waals surface area contributed by atoms with Gasteiger partial charge in [-0.15, -0.1) is 6.58 Å². The van der Waals surface area contributed by atoms with Crippen LogP contribution >= 0.6 is 0 Å². The minimum atomic E-state index is -3.29. The van der Waals surface area contributed by atoms with E-state index in [1.54, 1.807) is 18.2 Å². The van der Waals surface area contributed by atoms with Gasteiger partial charge in [0.1, 0.15) is 0 Å². The van der Waals surface area contributed by atoms with Crippen LogP contribution in [0.15, 0.2) is 60.1 Å². The normalized spacial score (nSPS) is 16.8. The topological polar surface area (TPSA) is 80.2 Å². The van der Waals surface area contributed by atoms with Crippen molar-refractivity contribution in [3.05, 3.63) is 55.3 Å². The fraction of sp³-hybridized carbons (Fsp3) is 0.190. The monoisotopic (exact) mass is 395 g/mol. The number of aryl methyl sites for hydroxylation is 1. The number of fused-ring (bicyclic) bond motifs is 2. The van der Waals surface area contributed by atoms with Gasteiger partial charge in [-0.25, -0.2) is 8.42 Å². The number of hydrogen-bond acceptors (Lipinski definition) is 4. The molecule has 0 spiro atoms. The molecule has 1 aliphatic heterocycles. The summed E-state index contributed by atoms with van der Waals surface area (Å²) >= 11 is 0. The third-order valence-electron chi connectivity index (χ3n) is 5.04. The average molecular weight is 395 g/mol. The van der Waals surface area contributed by atoms with Crippen LogP contribution < -0.4 is 10.6 Å². The molecular formula is C21H21N3O3S. The van der Waals surface area contributed by atoms with Gasteiger partial charge in [0.2, 0.25) is 5.91 Å². The number of nitrogens with one attached hydrogen (secondary N) is 2. The lowest BCUT2D eigenvalue weighted by molar-refractivity contribution is -0.116. The van der Waals surface area contributed by atoms with E-state index in [2.05, 4.69) is 17.2 Å². The second-order valence-electron chi connectivity index (χ2n) is 7.07. The second kappa shape index (κ2) is 6.53. The number of nitrogens with zero attached hydrogens (tertiary/aromatic N) is 1. The van der Waals surface area contributed by atoms with Crippen LogP contribution in [0.5, 0.6) is 0 Å². The van der Waals surface area contributed by atoms with Crippen LogP contribution in [-0.4, -0.2) is 31.2 Å². The van der Waals surface area contributed by atoms with Crippen molar-refractivity contribution in [3.8, 4) is 11.1 Å². The highest BCUT2D eigenvalue weighted by atomic mass is 32.2. The van der Waals surface area contributed by atoms with Crippen LogP contribution in [0.4, 0.5) is 11.4 Å². The first-order valence-electron chi connectivity index (χ1n) is 8.89. The highest BCUT2D eigenvalue weighted by Crippen LogP contribution is 2.40. The van der Waals surface area contributed by atoms with E-state index in [-0.39, 0.29) is 16.8 Å². The lowest BCUT2D eigenvalue weighted by atomic mass is 10.0. The highest BCUT2D eigenvalue weighted by Gasteiger charge is 2.23. The van der Waals surface area contributed by atoms with E-state index in [0.717, 1.165) is 33.4 Å². The molecule has 1 atom stereocenters. The van der Waals surface area contributed by atoms with Crippen molar-refractivity contribution < 1.29 is 13.2 Å². The van der Waals surface area contributed by atoms with Crippen LogP contribution in [0.3, 0.4) is 0 Å². The van der Waals surface area contributed by atoms with E-state index in [1.807, 2.05) is 42.1 Å². The number of benzene rings is 2. The molecule has 6 nitrogen and oxygen atoms in total. The molecule has 1 aromatic heterocycles. The zero-order chi connectivity index (χ0) is 20.1. The zero-order valence-corrected chi connectivity index (χ0v) is 16.5. The smallest absolute Gasteiger partial charge is 0.226 e. The van der Waals surface area contributed by atoms with E-state index in [9.17, 15) is 13.2 Å². The molecule has 28 heavy (non-hydrogen) atoms. The van der Waals surface area contributed by atoms with Gasteiger partial charge >= 0.3 is 0 Å². The fourth-order valence-corrected chi connectivity index (χ4v) is 4.27. The number of carbonyl (C=O) groups is 1. The molecule has 0 radical (unpaired) electrons. The molecular weight excluding hydrogens is 374 g/mol. The van der Waals surface area contributed by atoms with Crippen LogP contribution in [-0.2, 0) is 21.7 Å². The maximum absolute atomic E-state index is 12.2. The Balaban J connectivity index is 1.94. The van der Waals surface area contributed by atoms with Gasteiger partial charge in [0.15, 0.2) is 9.84 Å². The van der Waals surface area contributed by atoms with E-state index in [1.165, 1.54) is 6.26 Å². The Bertz CT molecular complexity index is 1230. The standard InChI is InChI=1S/C21H21N3O3S/c1-4-13-10-20(25)23-18-7-5-6-16(21(18)22-13)17-12-24(2)19-11-14(28(3,26)27)8-9-15(17)19/h4-9,11-13,22H,1,10H2,2-3H3,(H,23,25)/t13-/m1/s1. The molecule has 144 valence electrons. The molecule has 7 heteroatoms. The molecule has 0 fully saturated rings. The Kier molecular flexibility index (Phi) is 4.27. The quantitative estimate of drug-likeness (QED) is 0.665. The predicted octanol–water partition coefficient (Wildman–Crippen LogP) is 3.56. The van der Waals surface area contributed by atoms with E-state index >= 15 is 0 Å². The molecule has 2 heterocycles. The number of rotatable bonds is 3. The van der Waals surface area contributed by atoms with Gasteiger partial charge in [-0.05, 0) is 18.2 Å².